The van der Waals surface area contributed by atoms with Crippen LogP contribution in [0.2, 0.25) is 0 Å². The van der Waals surface area contributed by atoms with E-state index >= 15 is 0 Å². The maximum absolute atomic E-state index is 10.6. The molecule has 1 aliphatic carbocycles. The molecule has 2 heteroatoms. The van der Waals surface area contributed by atoms with Gasteiger partial charge in [0.2, 0.25) is 0 Å². The van der Waals surface area contributed by atoms with Crippen LogP contribution in [-0.2, 0) is 4.79 Å². The summed E-state index contributed by atoms with van der Waals surface area (Å²) in [6.45, 7) is 3.69. The highest BCUT2D eigenvalue weighted by atomic mass is 16.1. The summed E-state index contributed by atoms with van der Waals surface area (Å²) in [5.41, 5.74) is 0.775. The standard InChI is InChI=1S/C8H8O.C6H10O/c1-7(9)8-5-3-2-4-6-8;1-5-2-3-6(7)4-5/h2-6H,1H3;5H,2-4H2,1H3. The molecular formula is C14H18O2. The number of carbonyl (C=O) groups is 2. The Hall–Kier alpha value is -1.44. The molecule has 1 aromatic carbocycles. The summed E-state index contributed by atoms with van der Waals surface area (Å²) in [4.78, 5) is 21.1. The van der Waals surface area contributed by atoms with E-state index in [9.17, 15) is 9.59 Å². The first kappa shape index (κ1) is 12.6. The highest BCUT2D eigenvalue weighted by Gasteiger charge is 2.16. The van der Waals surface area contributed by atoms with Gasteiger partial charge in [-0.2, -0.15) is 0 Å². The van der Waals surface area contributed by atoms with E-state index < -0.39 is 0 Å². The highest BCUT2D eigenvalue weighted by molar-refractivity contribution is 5.93. The lowest BCUT2D eigenvalue weighted by atomic mass is 10.1. The van der Waals surface area contributed by atoms with Crippen LogP contribution in [-0.4, -0.2) is 11.6 Å². The first-order valence-electron chi connectivity index (χ1n) is 5.67. The molecule has 2 nitrogen and oxygen atoms in total. The maximum atomic E-state index is 10.6. The van der Waals surface area contributed by atoms with Crippen LogP contribution in [0.15, 0.2) is 30.3 Å². The minimum atomic E-state index is 0.121. The Kier molecular flexibility index (Phi) is 4.90. The third-order valence-electron chi connectivity index (χ3n) is 2.67. The molecule has 0 bridgehead atoms. The Bertz CT molecular complexity index is 354. The lowest BCUT2D eigenvalue weighted by molar-refractivity contribution is -0.117. The Balaban J connectivity index is 0.000000165. The van der Waals surface area contributed by atoms with Crippen LogP contribution in [0, 0.1) is 5.92 Å². The Morgan fingerprint density at radius 2 is 1.88 bits per heavy atom. The van der Waals surface area contributed by atoms with Gasteiger partial charge in [0.25, 0.3) is 0 Å². The zero-order valence-electron chi connectivity index (χ0n) is 9.90. The van der Waals surface area contributed by atoms with Crippen LogP contribution in [0.4, 0.5) is 0 Å². The third-order valence-corrected chi connectivity index (χ3v) is 2.67. The van der Waals surface area contributed by atoms with Gasteiger partial charge in [-0.05, 0) is 19.3 Å². The lowest BCUT2D eigenvalue weighted by Gasteiger charge is -1.90. The number of hydrogen-bond donors (Lipinski definition) is 0. The molecule has 1 fully saturated rings. The molecule has 2 rings (SSSR count). The topological polar surface area (TPSA) is 34.1 Å². The van der Waals surface area contributed by atoms with Crippen molar-refractivity contribution in [1.82, 2.24) is 0 Å². The van der Waals surface area contributed by atoms with E-state index in [1.54, 1.807) is 6.92 Å². The second-order valence-corrected chi connectivity index (χ2v) is 4.31. The molecule has 1 aromatic rings. The van der Waals surface area contributed by atoms with Crippen molar-refractivity contribution >= 4 is 11.6 Å². The fourth-order valence-corrected chi connectivity index (χ4v) is 1.67. The number of hydrogen-bond acceptors (Lipinski definition) is 2. The van der Waals surface area contributed by atoms with Crippen molar-refractivity contribution in [3.8, 4) is 0 Å². The molecule has 0 spiro atoms. The molecule has 1 atom stereocenters. The summed E-state index contributed by atoms with van der Waals surface area (Å²) in [5.74, 6) is 1.25. The van der Waals surface area contributed by atoms with Crippen LogP contribution >= 0.6 is 0 Å². The van der Waals surface area contributed by atoms with Gasteiger partial charge < -0.3 is 0 Å². The minimum Gasteiger partial charge on any atom is -0.300 e. The zero-order chi connectivity index (χ0) is 12.0. The quantitative estimate of drug-likeness (QED) is 0.678. The monoisotopic (exact) mass is 218 g/mol. The van der Waals surface area contributed by atoms with Crippen molar-refractivity contribution in [2.24, 2.45) is 5.92 Å². The van der Waals surface area contributed by atoms with Crippen LogP contribution in [0.3, 0.4) is 0 Å². The van der Waals surface area contributed by atoms with Crippen LogP contribution in [0.25, 0.3) is 0 Å². The van der Waals surface area contributed by atoms with Gasteiger partial charge in [-0.3, -0.25) is 9.59 Å². The normalized spacial score (nSPS) is 18.9. The van der Waals surface area contributed by atoms with Crippen molar-refractivity contribution in [2.75, 3.05) is 0 Å². The molecule has 1 aliphatic rings. The maximum Gasteiger partial charge on any atom is 0.159 e. The average molecular weight is 218 g/mol. The molecule has 0 heterocycles. The molecule has 0 N–H and O–H groups in total. The summed E-state index contributed by atoms with van der Waals surface area (Å²) >= 11 is 0. The SMILES string of the molecule is CC(=O)c1ccccc1.CC1CCC(=O)C1. The van der Waals surface area contributed by atoms with E-state index in [-0.39, 0.29) is 5.78 Å². The van der Waals surface area contributed by atoms with Gasteiger partial charge in [-0.1, -0.05) is 37.3 Å². The number of benzene rings is 1. The van der Waals surface area contributed by atoms with Crippen LogP contribution in [0.1, 0.15) is 43.5 Å². The Morgan fingerprint density at radius 3 is 2.12 bits per heavy atom. The number of rotatable bonds is 1. The summed E-state index contributed by atoms with van der Waals surface area (Å²) < 4.78 is 0. The number of Topliss-reactive ketones (excluding diaryl/α,β-unsaturated/α-hetero) is 2. The number of carbonyl (C=O) groups excluding carboxylic acids is 2. The van der Waals surface area contributed by atoms with Crippen LogP contribution < -0.4 is 0 Å². The molecule has 1 saturated carbocycles. The van der Waals surface area contributed by atoms with Gasteiger partial charge in [0, 0.05) is 18.4 Å². The molecule has 86 valence electrons. The summed E-state index contributed by atoms with van der Waals surface area (Å²) in [7, 11) is 0. The minimum absolute atomic E-state index is 0.121. The molecular weight excluding hydrogens is 200 g/mol. The summed E-state index contributed by atoms with van der Waals surface area (Å²) in [5, 5.41) is 0. The molecule has 0 saturated heterocycles. The van der Waals surface area contributed by atoms with Crippen molar-refractivity contribution in [3.63, 3.8) is 0 Å². The zero-order valence-corrected chi connectivity index (χ0v) is 9.90. The number of ketones is 2. The van der Waals surface area contributed by atoms with Crippen LogP contribution in [0.5, 0.6) is 0 Å². The van der Waals surface area contributed by atoms with E-state index in [0.717, 1.165) is 24.8 Å². The molecule has 0 radical (unpaired) electrons. The van der Waals surface area contributed by atoms with Gasteiger partial charge in [0.15, 0.2) is 5.78 Å². The van der Waals surface area contributed by atoms with Gasteiger partial charge in [-0.15, -0.1) is 0 Å². The van der Waals surface area contributed by atoms with Crippen molar-refractivity contribution < 1.29 is 9.59 Å². The fraction of sp³-hybridized carbons (Fsp3) is 0.429. The smallest absolute Gasteiger partial charge is 0.159 e. The molecule has 0 amide bonds. The molecule has 0 aromatic heterocycles. The fourth-order valence-electron chi connectivity index (χ4n) is 1.67. The van der Waals surface area contributed by atoms with E-state index in [4.69, 9.17) is 0 Å². The first-order valence-corrected chi connectivity index (χ1v) is 5.67. The highest BCUT2D eigenvalue weighted by Crippen LogP contribution is 2.19. The van der Waals surface area contributed by atoms with Crippen molar-refractivity contribution in [1.29, 1.82) is 0 Å². The average Bonchev–Trinajstić information content (AvgIpc) is 2.65. The predicted octanol–water partition coefficient (Wildman–Crippen LogP) is 3.26. The predicted molar refractivity (Wildman–Crippen MR) is 64.5 cm³/mol. The van der Waals surface area contributed by atoms with Gasteiger partial charge in [0.1, 0.15) is 5.78 Å². The third kappa shape index (κ3) is 4.39. The molecule has 1 unspecified atom stereocenters. The first-order chi connectivity index (χ1) is 7.59. The summed E-state index contributed by atoms with van der Waals surface area (Å²) in [6, 6.07) is 9.23. The molecule has 16 heavy (non-hydrogen) atoms. The van der Waals surface area contributed by atoms with E-state index in [1.807, 2.05) is 30.3 Å². The van der Waals surface area contributed by atoms with Gasteiger partial charge >= 0.3 is 0 Å². The Labute approximate surface area is 96.7 Å². The van der Waals surface area contributed by atoms with Gasteiger partial charge in [0.05, 0.1) is 0 Å². The van der Waals surface area contributed by atoms with Crippen molar-refractivity contribution in [3.05, 3.63) is 35.9 Å². The Morgan fingerprint density at radius 1 is 1.25 bits per heavy atom. The largest absolute Gasteiger partial charge is 0.300 e. The van der Waals surface area contributed by atoms with E-state index in [0.29, 0.717) is 11.7 Å². The summed E-state index contributed by atoms with van der Waals surface area (Å²) in [6.07, 6.45) is 2.79. The second-order valence-electron chi connectivity index (χ2n) is 4.31. The van der Waals surface area contributed by atoms with E-state index in [2.05, 4.69) is 6.92 Å². The molecule has 0 aliphatic heterocycles. The van der Waals surface area contributed by atoms with Gasteiger partial charge in [-0.25, -0.2) is 0 Å². The second kappa shape index (κ2) is 6.21. The van der Waals surface area contributed by atoms with E-state index in [1.165, 1.54) is 0 Å². The van der Waals surface area contributed by atoms with Crippen molar-refractivity contribution in [2.45, 2.75) is 33.1 Å². The lowest BCUT2D eigenvalue weighted by Crippen LogP contribution is -1.88.